The average molecular weight is 264 g/mol. The number of hydrogen-bond donors (Lipinski definition) is 2. The molecule has 2 aliphatic rings. The molecule has 0 spiro atoms. The molecule has 5 nitrogen and oxygen atoms in total. The number of amidine groups is 1. The van der Waals surface area contributed by atoms with Gasteiger partial charge in [-0.2, -0.15) is 0 Å². The maximum absolute atomic E-state index is 12.3. The number of ether oxygens (including phenoxy) is 1. The lowest BCUT2D eigenvalue weighted by Crippen LogP contribution is -2.54. The van der Waals surface area contributed by atoms with Crippen LogP contribution in [-0.2, 0) is 4.74 Å². The second-order valence-corrected chi connectivity index (χ2v) is 5.48. The number of hydrogen-bond acceptors (Lipinski definition) is 6. The van der Waals surface area contributed by atoms with Crippen LogP contribution in [0.15, 0.2) is 4.99 Å². The Hall–Kier alpha value is -0.370. The van der Waals surface area contributed by atoms with Gasteiger partial charge in [0.1, 0.15) is 23.7 Å². The van der Waals surface area contributed by atoms with Gasteiger partial charge in [0.05, 0.1) is 12.8 Å². The van der Waals surface area contributed by atoms with E-state index in [0.29, 0.717) is 0 Å². The highest BCUT2D eigenvalue weighted by molar-refractivity contribution is 8.14. The van der Waals surface area contributed by atoms with Crippen LogP contribution in [0, 0.1) is 0 Å². The van der Waals surface area contributed by atoms with E-state index in [-0.39, 0.29) is 11.9 Å². The molecule has 17 heavy (non-hydrogen) atoms. The van der Waals surface area contributed by atoms with Crippen LogP contribution in [0.25, 0.3) is 0 Å². The van der Waals surface area contributed by atoms with Crippen molar-refractivity contribution < 1.29 is 19.3 Å². The molecule has 2 aliphatic heterocycles. The molecular weight excluding hydrogens is 247 g/mol. The quantitative estimate of drug-likeness (QED) is 0.725. The first-order valence-electron chi connectivity index (χ1n) is 5.54. The smallest absolute Gasteiger partial charge is 0.161 e. The van der Waals surface area contributed by atoms with Crippen molar-refractivity contribution in [2.24, 2.45) is 4.99 Å². The molecule has 0 amide bonds. The molecule has 2 heterocycles. The molecule has 0 aromatic heterocycles. The second kappa shape index (κ2) is 5.09. The van der Waals surface area contributed by atoms with Crippen LogP contribution in [0.4, 0.5) is 4.39 Å². The lowest BCUT2D eigenvalue weighted by molar-refractivity contribution is -0.155. The van der Waals surface area contributed by atoms with Crippen LogP contribution in [0.1, 0.15) is 6.42 Å². The van der Waals surface area contributed by atoms with Crippen molar-refractivity contribution in [3.05, 3.63) is 0 Å². The van der Waals surface area contributed by atoms with Crippen molar-refractivity contribution in [1.29, 1.82) is 0 Å². The number of fused-ring (bicyclic) bond motifs is 1. The topological polar surface area (TPSA) is 65.3 Å². The summed E-state index contributed by atoms with van der Waals surface area (Å²) in [6.45, 7) is -0.572. The number of thioether (sulfide) groups is 1. The van der Waals surface area contributed by atoms with E-state index >= 15 is 0 Å². The lowest BCUT2D eigenvalue weighted by Gasteiger charge is -2.37. The van der Waals surface area contributed by atoms with Crippen molar-refractivity contribution in [3.63, 3.8) is 0 Å². The van der Waals surface area contributed by atoms with Crippen molar-refractivity contribution in [2.45, 2.75) is 36.2 Å². The minimum Gasteiger partial charge on any atom is -0.388 e. The molecule has 0 bridgehead atoms. The van der Waals surface area contributed by atoms with Crippen molar-refractivity contribution in [2.75, 3.05) is 20.8 Å². The summed E-state index contributed by atoms with van der Waals surface area (Å²) in [5, 5.41) is 20.5. The number of aliphatic imine (C=N–C) groups is 1. The molecular formula is C10H17FN2O3S. The third-order valence-corrected chi connectivity index (χ3v) is 4.23. The first-order chi connectivity index (χ1) is 8.04. The van der Waals surface area contributed by atoms with E-state index in [2.05, 4.69) is 4.99 Å². The molecule has 2 rings (SSSR count). The van der Waals surface area contributed by atoms with Crippen molar-refractivity contribution in [3.8, 4) is 0 Å². The molecule has 0 radical (unpaired) electrons. The molecule has 0 saturated carbocycles. The standard InChI is InChI=1S/C10H17FN2O3S/c1-13(2)10-12-6-8(15)7(14)5(3-4-11)16-9(6)17-10/h5-9,14-15H,3-4H2,1-2H3/t5?,6?,7?,8?,9-/m0/s1. The SMILES string of the molecule is CN(C)C1=NC2C(O)C(O)C(CCF)O[C@H]2S1. The molecule has 1 saturated heterocycles. The minimum atomic E-state index is -1.07. The number of aliphatic hydroxyl groups is 2. The fraction of sp³-hybridized carbons (Fsp3) is 0.900. The van der Waals surface area contributed by atoms with Gasteiger partial charge >= 0.3 is 0 Å². The summed E-state index contributed by atoms with van der Waals surface area (Å²) in [6.07, 6.45) is -2.62. The lowest BCUT2D eigenvalue weighted by atomic mass is 9.97. The molecule has 4 unspecified atom stereocenters. The highest BCUT2D eigenvalue weighted by Gasteiger charge is 2.48. The Bertz CT molecular complexity index is 316. The number of aliphatic hydroxyl groups excluding tert-OH is 2. The molecule has 0 aliphatic carbocycles. The molecule has 0 aromatic carbocycles. The third kappa shape index (κ3) is 2.42. The van der Waals surface area contributed by atoms with Crippen LogP contribution in [0.5, 0.6) is 0 Å². The van der Waals surface area contributed by atoms with E-state index in [9.17, 15) is 14.6 Å². The van der Waals surface area contributed by atoms with E-state index in [0.717, 1.165) is 5.17 Å². The first-order valence-corrected chi connectivity index (χ1v) is 6.42. The summed E-state index contributed by atoms with van der Waals surface area (Å²) in [5.74, 6) is 0. The van der Waals surface area contributed by atoms with E-state index in [4.69, 9.17) is 4.74 Å². The summed E-state index contributed by atoms with van der Waals surface area (Å²) in [4.78, 5) is 6.14. The van der Waals surface area contributed by atoms with Crippen LogP contribution in [-0.4, -0.2) is 70.8 Å². The molecule has 0 aromatic rings. The highest BCUT2D eigenvalue weighted by atomic mass is 32.2. The van der Waals surface area contributed by atoms with Gasteiger partial charge in [0.2, 0.25) is 0 Å². The van der Waals surface area contributed by atoms with Gasteiger partial charge in [-0.3, -0.25) is 9.38 Å². The maximum atomic E-state index is 12.3. The zero-order valence-corrected chi connectivity index (χ0v) is 10.6. The summed E-state index contributed by atoms with van der Waals surface area (Å²) in [6, 6.07) is -0.469. The van der Waals surface area contributed by atoms with Gasteiger partial charge in [0.25, 0.3) is 0 Å². The Kier molecular flexibility index (Phi) is 3.92. The number of rotatable bonds is 2. The van der Waals surface area contributed by atoms with E-state index in [1.807, 2.05) is 19.0 Å². The van der Waals surface area contributed by atoms with Crippen molar-refractivity contribution in [1.82, 2.24) is 4.90 Å². The fourth-order valence-corrected chi connectivity index (χ4v) is 3.14. The molecule has 5 atom stereocenters. The summed E-state index contributed by atoms with van der Waals surface area (Å²) in [7, 11) is 3.70. The molecule has 7 heteroatoms. The predicted octanol–water partition coefficient (Wildman–Crippen LogP) is -0.174. The molecule has 2 N–H and O–H groups in total. The Morgan fingerprint density at radius 1 is 1.41 bits per heavy atom. The minimum absolute atomic E-state index is 0.0965. The fourth-order valence-electron chi connectivity index (χ4n) is 1.98. The molecule has 1 fully saturated rings. The number of halogens is 1. The maximum Gasteiger partial charge on any atom is 0.161 e. The predicted molar refractivity (Wildman–Crippen MR) is 63.8 cm³/mol. The van der Waals surface area contributed by atoms with Crippen molar-refractivity contribution >= 4 is 16.9 Å². The monoisotopic (exact) mass is 264 g/mol. The van der Waals surface area contributed by atoms with Gasteiger partial charge in [-0.1, -0.05) is 11.8 Å². The Morgan fingerprint density at radius 2 is 2.12 bits per heavy atom. The van der Waals surface area contributed by atoms with Gasteiger partial charge < -0.3 is 19.8 Å². The van der Waals surface area contributed by atoms with Gasteiger partial charge in [0.15, 0.2) is 5.17 Å². The van der Waals surface area contributed by atoms with E-state index in [1.54, 1.807) is 0 Å². The second-order valence-electron chi connectivity index (χ2n) is 4.42. The third-order valence-electron chi connectivity index (χ3n) is 2.93. The van der Waals surface area contributed by atoms with Gasteiger partial charge in [-0.25, -0.2) is 0 Å². The average Bonchev–Trinajstić information content (AvgIpc) is 2.70. The van der Waals surface area contributed by atoms with Gasteiger partial charge in [-0.05, 0) is 0 Å². The van der Waals surface area contributed by atoms with Crippen LogP contribution in [0.2, 0.25) is 0 Å². The van der Waals surface area contributed by atoms with E-state index < -0.39 is 31.0 Å². The van der Waals surface area contributed by atoms with Crippen LogP contribution in [0.3, 0.4) is 0 Å². The summed E-state index contributed by atoms with van der Waals surface area (Å²) >= 11 is 1.40. The Morgan fingerprint density at radius 3 is 2.71 bits per heavy atom. The number of nitrogens with zero attached hydrogens (tertiary/aromatic N) is 2. The summed E-state index contributed by atoms with van der Waals surface area (Å²) in [5.41, 5.74) is -0.331. The first kappa shape index (κ1) is 13.1. The van der Waals surface area contributed by atoms with E-state index in [1.165, 1.54) is 11.8 Å². The normalized spacial score (nSPS) is 41.0. The zero-order chi connectivity index (χ0) is 12.6. The Balaban J connectivity index is 2.10. The molecule has 98 valence electrons. The van der Waals surface area contributed by atoms with Crippen LogP contribution < -0.4 is 0 Å². The highest BCUT2D eigenvalue weighted by Crippen LogP contribution is 2.37. The Labute approximate surface area is 104 Å². The summed E-state index contributed by atoms with van der Waals surface area (Å²) < 4.78 is 17.9. The van der Waals surface area contributed by atoms with Gasteiger partial charge in [-0.15, -0.1) is 0 Å². The van der Waals surface area contributed by atoms with Gasteiger partial charge in [0, 0.05) is 20.5 Å². The zero-order valence-electron chi connectivity index (χ0n) is 9.78. The van der Waals surface area contributed by atoms with Crippen LogP contribution >= 0.6 is 11.8 Å². The number of alkyl halides is 1. The largest absolute Gasteiger partial charge is 0.388 e.